The molecule has 0 N–H and O–H groups in total. The summed E-state index contributed by atoms with van der Waals surface area (Å²) in [6.07, 6.45) is 3.09. The average Bonchev–Trinajstić information content (AvgIpc) is 2.04. The average molecular weight is 246 g/mol. The molecule has 0 aliphatic heterocycles. The quantitative estimate of drug-likeness (QED) is 0.505. The summed E-state index contributed by atoms with van der Waals surface area (Å²) in [7, 11) is 0. The predicted octanol–water partition coefficient (Wildman–Crippen LogP) is -2.74. The summed E-state index contributed by atoms with van der Waals surface area (Å²) in [4.78, 5) is 15.1. The molecule has 0 spiro atoms. The largest absolute Gasteiger partial charge is 1.00 e. The molecule has 0 aliphatic carbocycles. The molecule has 2 aromatic heterocycles. The van der Waals surface area contributed by atoms with Crippen molar-refractivity contribution >= 4 is 10.8 Å². The van der Waals surface area contributed by atoms with Gasteiger partial charge in [0.15, 0.2) is 0 Å². The van der Waals surface area contributed by atoms with Gasteiger partial charge in [-0.25, -0.2) is 0 Å². The van der Waals surface area contributed by atoms with Crippen molar-refractivity contribution in [3.63, 3.8) is 0 Å². The molecule has 2 heterocycles. The van der Waals surface area contributed by atoms with Gasteiger partial charge in [0, 0.05) is 28.9 Å². The molecule has 4 nitrogen and oxygen atoms in total. The summed E-state index contributed by atoms with van der Waals surface area (Å²) >= 11 is 0. The molecule has 13 heavy (non-hydrogen) atoms. The van der Waals surface area contributed by atoms with E-state index in [2.05, 4.69) is 15.2 Å². The third kappa shape index (κ3) is 2.31. The molecule has 0 unspecified atom stereocenters. The van der Waals surface area contributed by atoms with Gasteiger partial charge in [0.2, 0.25) is 0 Å². The van der Waals surface area contributed by atoms with Crippen LogP contribution in [0.25, 0.3) is 10.8 Å². The van der Waals surface area contributed by atoms with Crippen LogP contribution < -0.4 is 68.8 Å². The maximum atomic E-state index is 11.1. The number of hydrogen-bond donors (Lipinski definition) is 0. The van der Waals surface area contributed by atoms with Gasteiger partial charge in [-0.1, -0.05) is 0 Å². The van der Waals surface area contributed by atoms with Crippen LogP contribution in [0.15, 0.2) is 23.3 Å². The molecule has 60 valence electrons. The number of hydrogen-bond acceptors (Lipinski definition) is 3. The maximum Gasteiger partial charge on any atom is 1.00 e. The fourth-order valence-electron chi connectivity index (χ4n) is 1.06. The molecule has 0 fully saturated rings. The summed E-state index contributed by atoms with van der Waals surface area (Å²) < 4.78 is 0. The van der Waals surface area contributed by atoms with E-state index in [0.29, 0.717) is 5.39 Å². The molecule has 5 heteroatoms. The molecular formula is C8H6N3ORb. The summed E-state index contributed by atoms with van der Waals surface area (Å²) in [6.45, 7) is 1.87. The Hall–Kier alpha value is 0.0952. The van der Waals surface area contributed by atoms with Crippen molar-refractivity contribution in [1.82, 2.24) is 15.2 Å². The van der Waals surface area contributed by atoms with Crippen LogP contribution in [0.2, 0.25) is 0 Å². The van der Waals surface area contributed by atoms with Gasteiger partial charge < -0.3 is 15.0 Å². The monoisotopic (exact) mass is 245 g/mol. The Morgan fingerprint density at radius 1 is 1.38 bits per heavy atom. The van der Waals surface area contributed by atoms with Crippen LogP contribution in [0.5, 0.6) is 0 Å². The third-order valence-electron chi connectivity index (χ3n) is 1.65. The van der Waals surface area contributed by atoms with Gasteiger partial charge in [0.05, 0.1) is 0 Å². The Morgan fingerprint density at radius 2 is 2.15 bits per heavy atom. The Labute approximate surface area is 124 Å². The van der Waals surface area contributed by atoms with Crippen molar-refractivity contribution in [2.75, 3.05) is 0 Å². The second-order valence-electron chi connectivity index (χ2n) is 2.56. The molecular weight excluding hydrogens is 240 g/mol. The Morgan fingerprint density at radius 3 is 2.92 bits per heavy atom. The van der Waals surface area contributed by atoms with E-state index in [1.54, 1.807) is 6.20 Å². The van der Waals surface area contributed by atoms with E-state index >= 15 is 0 Å². The zero-order valence-corrected chi connectivity index (χ0v) is 12.4. The minimum Gasteiger partial charge on any atom is -0.540 e. The van der Waals surface area contributed by atoms with Crippen molar-refractivity contribution in [3.8, 4) is 0 Å². The van der Waals surface area contributed by atoms with E-state index in [0.717, 1.165) is 11.1 Å². The van der Waals surface area contributed by atoms with E-state index in [1.807, 2.05) is 13.0 Å². The molecule has 0 saturated carbocycles. The van der Waals surface area contributed by atoms with Crippen molar-refractivity contribution in [3.05, 3.63) is 34.5 Å². The molecule has 2 aromatic rings. The van der Waals surface area contributed by atoms with Gasteiger partial charge in [0.25, 0.3) is 0 Å². The normalized spacial score (nSPS) is 9.62. The van der Waals surface area contributed by atoms with Gasteiger partial charge in [0.1, 0.15) is 5.56 Å². The van der Waals surface area contributed by atoms with Gasteiger partial charge in [-0.2, -0.15) is 0 Å². The first-order valence-corrected chi connectivity index (χ1v) is 3.52. The number of pyridine rings is 1. The van der Waals surface area contributed by atoms with Crippen LogP contribution in [0.4, 0.5) is 0 Å². The van der Waals surface area contributed by atoms with Crippen molar-refractivity contribution in [2.24, 2.45) is 0 Å². The zero-order chi connectivity index (χ0) is 8.55. The van der Waals surface area contributed by atoms with Gasteiger partial charge in [-0.05, 0) is 13.0 Å². The van der Waals surface area contributed by atoms with Crippen molar-refractivity contribution in [1.29, 1.82) is 0 Å². The van der Waals surface area contributed by atoms with E-state index in [1.165, 1.54) is 6.20 Å². The molecule has 0 amide bonds. The predicted molar refractivity (Wildman–Crippen MR) is 43.9 cm³/mol. The number of rotatable bonds is 0. The third-order valence-corrected chi connectivity index (χ3v) is 1.65. The van der Waals surface area contributed by atoms with Crippen molar-refractivity contribution < 1.29 is 58.2 Å². The number of aryl methyl sites for hydroxylation is 1. The fraction of sp³-hybridized carbons (Fsp3) is 0.125. The standard InChI is InChI=1S/C8H7N3O.Rb/c1-5-2-6-3-10-11-8(12)7(6)4-9-5;/h2-4H,1H3,(H,9,11,12);/q;+1/p-1. The fourth-order valence-corrected chi connectivity index (χ4v) is 1.06. The topological polar surface area (TPSA) is 57.0 Å². The second kappa shape index (κ2) is 4.55. The number of nitrogens with zero attached hydrogens (tertiary/aromatic N) is 3. The van der Waals surface area contributed by atoms with Crippen LogP contribution in [-0.4, -0.2) is 10.1 Å². The van der Waals surface area contributed by atoms with Gasteiger partial charge >= 0.3 is 58.2 Å². The summed E-state index contributed by atoms with van der Waals surface area (Å²) in [5.74, 6) is 0. The summed E-state index contributed by atoms with van der Waals surface area (Å²) in [5, 5.41) is 8.27. The molecule has 0 bridgehead atoms. The molecule has 0 aromatic carbocycles. The van der Waals surface area contributed by atoms with Crippen LogP contribution in [0.3, 0.4) is 0 Å². The Kier molecular flexibility index (Phi) is 3.91. The smallest absolute Gasteiger partial charge is 0.540 e. The van der Waals surface area contributed by atoms with Crippen molar-refractivity contribution in [2.45, 2.75) is 6.92 Å². The molecule has 2 rings (SSSR count). The summed E-state index contributed by atoms with van der Waals surface area (Å²) in [6, 6.07) is 1.81. The van der Waals surface area contributed by atoms with Crippen LogP contribution in [0.1, 0.15) is 5.69 Å². The SMILES string of the molecule is Cc1cc2cn[n-]c(=O)c2cn1.[Rb+]. The molecule has 0 radical (unpaired) electrons. The maximum absolute atomic E-state index is 11.1. The van der Waals surface area contributed by atoms with Crippen LogP contribution in [-0.2, 0) is 0 Å². The second-order valence-corrected chi connectivity index (χ2v) is 2.56. The number of fused-ring (bicyclic) bond motifs is 1. The van der Waals surface area contributed by atoms with E-state index in [9.17, 15) is 4.79 Å². The molecule has 0 aliphatic rings. The van der Waals surface area contributed by atoms with E-state index < -0.39 is 0 Å². The van der Waals surface area contributed by atoms with Crippen LogP contribution >= 0.6 is 0 Å². The van der Waals surface area contributed by atoms with Crippen LogP contribution in [0, 0.1) is 6.92 Å². The first-order valence-electron chi connectivity index (χ1n) is 3.52. The van der Waals surface area contributed by atoms with Gasteiger partial charge in [-0.3, -0.25) is 4.98 Å². The Bertz CT molecular complexity index is 480. The van der Waals surface area contributed by atoms with E-state index in [-0.39, 0.29) is 63.7 Å². The molecule has 0 atom stereocenters. The minimum atomic E-state index is -0.319. The summed E-state index contributed by atoms with van der Waals surface area (Å²) in [5.41, 5.74) is 0.551. The first-order chi connectivity index (χ1) is 5.77. The first kappa shape index (κ1) is 11.2. The minimum absolute atomic E-state index is 0. The Balaban J connectivity index is 0.000000845. The molecule has 0 saturated heterocycles. The number of aromatic nitrogens is 3. The van der Waals surface area contributed by atoms with E-state index in [4.69, 9.17) is 0 Å². The zero-order valence-electron chi connectivity index (χ0n) is 7.48. The van der Waals surface area contributed by atoms with Gasteiger partial charge in [-0.15, -0.1) is 0 Å².